The van der Waals surface area contributed by atoms with Crippen LogP contribution in [0.15, 0.2) is 30.3 Å². The molecule has 4 N–H and O–H groups in total. The number of amides is 2. The van der Waals surface area contributed by atoms with E-state index in [9.17, 15) is 9.59 Å². The van der Waals surface area contributed by atoms with Crippen LogP contribution in [0.5, 0.6) is 0 Å². The van der Waals surface area contributed by atoms with E-state index in [4.69, 9.17) is 11.5 Å². The molecule has 1 aromatic carbocycles. The van der Waals surface area contributed by atoms with Crippen LogP contribution in [0.1, 0.15) is 38.3 Å². The van der Waals surface area contributed by atoms with Gasteiger partial charge in [-0.15, -0.1) is 12.4 Å². The number of primary amides is 1. The fraction of sp³-hybridized carbons (Fsp3) is 0.467. The SMILES string of the molecule is CC(N)CCC(=O)N(CC(N)=O)[C@H](C)c1ccccc1.Cl. The zero-order valence-corrected chi connectivity index (χ0v) is 13.3. The van der Waals surface area contributed by atoms with Gasteiger partial charge in [0.15, 0.2) is 0 Å². The van der Waals surface area contributed by atoms with E-state index < -0.39 is 5.91 Å². The molecule has 1 aromatic rings. The Labute approximate surface area is 132 Å². The Balaban J connectivity index is 0.00000400. The van der Waals surface area contributed by atoms with E-state index in [0.29, 0.717) is 12.8 Å². The van der Waals surface area contributed by atoms with Gasteiger partial charge < -0.3 is 16.4 Å². The molecule has 1 rings (SSSR count). The first-order chi connectivity index (χ1) is 9.41. The quantitative estimate of drug-likeness (QED) is 0.801. The fourth-order valence-corrected chi connectivity index (χ4v) is 2.02. The van der Waals surface area contributed by atoms with E-state index in [0.717, 1.165) is 5.56 Å². The number of nitrogens with zero attached hydrogens (tertiary/aromatic N) is 1. The topological polar surface area (TPSA) is 89.4 Å². The number of halogens is 1. The summed E-state index contributed by atoms with van der Waals surface area (Å²) >= 11 is 0. The first-order valence-corrected chi connectivity index (χ1v) is 6.80. The summed E-state index contributed by atoms with van der Waals surface area (Å²) in [5, 5.41) is 0. The zero-order chi connectivity index (χ0) is 15.1. The van der Waals surface area contributed by atoms with E-state index in [-0.39, 0.29) is 36.9 Å². The third-order valence-corrected chi connectivity index (χ3v) is 3.21. The Hall–Kier alpha value is -1.59. The van der Waals surface area contributed by atoms with Crippen LogP contribution in [0.4, 0.5) is 0 Å². The second-order valence-electron chi connectivity index (χ2n) is 5.09. The smallest absolute Gasteiger partial charge is 0.237 e. The molecular weight excluding hydrogens is 290 g/mol. The van der Waals surface area contributed by atoms with Gasteiger partial charge in [-0.25, -0.2) is 0 Å². The van der Waals surface area contributed by atoms with Crippen LogP contribution in [0.25, 0.3) is 0 Å². The lowest BCUT2D eigenvalue weighted by atomic mass is 10.1. The van der Waals surface area contributed by atoms with Gasteiger partial charge in [-0.3, -0.25) is 9.59 Å². The van der Waals surface area contributed by atoms with Gasteiger partial charge in [0.05, 0.1) is 12.6 Å². The summed E-state index contributed by atoms with van der Waals surface area (Å²) in [6.07, 6.45) is 0.914. The first kappa shape index (κ1) is 19.4. The monoisotopic (exact) mass is 313 g/mol. The molecule has 0 aliphatic rings. The average molecular weight is 314 g/mol. The van der Waals surface area contributed by atoms with Crippen molar-refractivity contribution in [2.24, 2.45) is 11.5 Å². The molecule has 1 unspecified atom stereocenters. The molecule has 0 radical (unpaired) electrons. The second-order valence-corrected chi connectivity index (χ2v) is 5.09. The molecule has 5 nitrogen and oxygen atoms in total. The number of nitrogens with two attached hydrogens (primary N) is 2. The van der Waals surface area contributed by atoms with Gasteiger partial charge in [-0.2, -0.15) is 0 Å². The molecule has 21 heavy (non-hydrogen) atoms. The van der Waals surface area contributed by atoms with Crippen LogP contribution < -0.4 is 11.5 Å². The van der Waals surface area contributed by atoms with Crippen molar-refractivity contribution in [3.05, 3.63) is 35.9 Å². The first-order valence-electron chi connectivity index (χ1n) is 6.80. The average Bonchev–Trinajstić information content (AvgIpc) is 2.42. The number of carbonyl (C=O) groups is 2. The number of rotatable bonds is 7. The molecule has 118 valence electrons. The van der Waals surface area contributed by atoms with Crippen molar-refractivity contribution in [1.29, 1.82) is 0 Å². The lowest BCUT2D eigenvalue weighted by molar-refractivity contribution is -0.137. The summed E-state index contributed by atoms with van der Waals surface area (Å²) in [6.45, 7) is 3.67. The molecule has 2 atom stereocenters. The maximum Gasteiger partial charge on any atom is 0.237 e. The van der Waals surface area contributed by atoms with Crippen molar-refractivity contribution < 1.29 is 9.59 Å². The van der Waals surface area contributed by atoms with Gasteiger partial charge in [0.25, 0.3) is 0 Å². The minimum absolute atomic E-state index is 0. The number of carbonyl (C=O) groups excluding carboxylic acids is 2. The lowest BCUT2D eigenvalue weighted by Crippen LogP contribution is -2.40. The highest BCUT2D eigenvalue weighted by Crippen LogP contribution is 2.20. The summed E-state index contributed by atoms with van der Waals surface area (Å²) in [7, 11) is 0. The molecule has 0 aromatic heterocycles. The molecule has 0 saturated carbocycles. The predicted octanol–water partition coefficient (Wildman–Crippen LogP) is 1.61. The molecule has 0 aliphatic heterocycles. The zero-order valence-electron chi connectivity index (χ0n) is 12.5. The number of hydrogen-bond acceptors (Lipinski definition) is 3. The van der Waals surface area contributed by atoms with Crippen LogP contribution >= 0.6 is 12.4 Å². The summed E-state index contributed by atoms with van der Waals surface area (Å²) < 4.78 is 0. The molecule has 2 amide bonds. The van der Waals surface area contributed by atoms with Gasteiger partial charge in [-0.05, 0) is 25.8 Å². The van der Waals surface area contributed by atoms with Crippen molar-refractivity contribution in [3.63, 3.8) is 0 Å². The summed E-state index contributed by atoms with van der Waals surface area (Å²) in [4.78, 5) is 25.0. The molecule has 6 heteroatoms. The van der Waals surface area contributed by atoms with Crippen molar-refractivity contribution in [1.82, 2.24) is 4.90 Å². The third-order valence-electron chi connectivity index (χ3n) is 3.21. The third kappa shape index (κ3) is 6.60. The van der Waals surface area contributed by atoms with Gasteiger partial charge >= 0.3 is 0 Å². The van der Waals surface area contributed by atoms with Gasteiger partial charge in [0.1, 0.15) is 0 Å². The highest BCUT2D eigenvalue weighted by molar-refractivity contribution is 5.85. The fourth-order valence-electron chi connectivity index (χ4n) is 2.02. The maximum atomic E-state index is 12.3. The Morgan fingerprint density at radius 2 is 1.76 bits per heavy atom. The van der Waals surface area contributed by atoms with E-state index in [1.165, 1.54) is 4.90 Å². The summed E-state index contributed by atoms with van der Waals surface area (Å²) in [5.74, 6) is -0.612. The van der Waals surface area contributed by atoms with Crippen molar-refractivity contribution >= 4 is 24.2 Å². The van der Waals surface area contributed by atoms with Crippen LogP contribution in [0.2, 0.25) is 0 Å². The summed E-state index contributed by atoms with van der Waals surface area (Å²) in [6, 6.07) is 9.34. The minimum atomic E-state index is -0.512. The standard InChI is InChI=1S/C15H23N3O2.ClH/c1-11(16)8-9-15(20)18(10-14(17)19)12(2)13-6-4-3-5-7-13;/h3-7,11-12H,8-10,16H2,1-2H3,(H2,17,19);1H/t11?,12-;/m1./s1. The van der Waals surface area contributed by atoms with Crippen LogP contribution in [-0.2, 0) is 9.59 Å². The molecule has 0 spiro atoms. The molecular formula is C15H24ClN3O2. The Morgan fingerprint density at radius 3 is 2.24 bits per heavy atom. The molecule has 0 aliphatic carbocycles. The second kappa shape index (κ2) is 9.37. The predicted molar refractivity (Wildman–Crippen MR) is 85.9 cm³/mol. The highest BCUT2D eigenvalue weighted by atomic mass is 35.5. The van der Waals surface area contributed by atoms with Gasteiger partial charge in [0.2, 0.25) is 11.8 Å². The largest absolute Gasteiger partial charge is 0.368 e. The van der Waals surface area contributed by atoms with E-state index in [1.807, 2.05) is 44.2 Å². The minimum Gasteiger partial charge on any atom is -0.368 e. The van der Waals surface area contributed by atoms with E-state index in [1.54, 1.807) is 0 Å². The lowest BCUT2D eigenvalue weighted by Gasteiger charge is -2.29. The van der Waals surface area contributed by atoms with E-state index in [2.05, 4.69) is 0 Å². The molecule has 0 saturated heterocycles. The van der Waals surface area contributed by atoms with Gasteiger partial charge in [0, 0.05) is 12.5 Å². The van der Waals surface area contributed by atoms with Crippen LogP contribution in [-0.4, -0.2) is 29.3 Å². The Bertz CT molecular complexity index is 451. The molecule has 0 bridgehead atoms. The van der Waals surface area contributed by atoms with Gasteiger partial charge in [-0.1, -0.05) is 30.3 Å². The molecule has 0 fully saturated rings. The summed E-state index contributed by atoms with van der Waals surface area (Å²) in [5.41, 5.74) is 11.9. The van der Waals surface area contributed by atoms with Crippen molar-refractivity contribution in [2.45, 2.75) is 38.8 Å². The normalized spacial score (nSPS) is 12.9. The molecule has 0 heterocycles. The maximum absolute atomic E-state index is 12.3. The van der Waals surface area contributed by atoms with E-state index >= 15 is 0 Å². The van der Waals surface area contributed by atoms with Crippen LogP contribution in [0.3, 0.4) is 0 Å². The highest BCUT2D eigenvalue weighted by Gasteiger charge is 2.22. The van der Waals surface area contributed by atoms with Crippen molar-refractivity contribution in [2.75, 3.05) is 6.54 Å². The Kier molecular flexibility index (Phi) is 8.66. The number of benzene rings is 1. The number of hydrogen-bond donors (Lipinski definition) is 2. The van der Waals surface area contributed by atoms with Crippen LogP contribution in [0, 0.1) is 0 Å². The van der Waals surface area contributed by atoms with Crippen molar-refractivity contribution in [3.8, 4) is 0 Å². The Morgan fingerprint density at radius 1 is 1.19 bits per heavy atom.